The van der Waals surface area contributed by atoms with Crippen LogP contribution >= 0.6 is 0 Å². The van der Waals surface area contributed by atoms with E-state index in [1.54, 1.807) is 6.08 Å². The molecule has 0 radical (unpaired) electrons. The molecule has 1 rings (SSSR count). The van der Waals surface area contributed by atoms with Gasteiger partial charge < -0.3 is 37.9 Å². The molecule has 8 heteroatoms. The first-order valence-electron chi connectivity index (χ1n) is 10.8. The van der Waals surface area contributed by atoms with Crippen LogP contribution in [-0.4, -0.2) is 99.1 Å². The maximum absolute atomic E-state index is 5.53. The van der Waals surface area contributed by atoms with Crippen molar-refractivity contribution < 1.29 is 37.9 Å². The van der Waals surface area contributed by atoms with Gasteiger partial charge in [-0.25, -0.2) is 0 Å². The van der Waals surface area contributed by atoms with Gasteiger partial charge in [0.25, 0.3) is 0 Å². The highest BCUT2D eigenvalue weighted by molar-refractivity contribution is 5.20. The molecule has 1 aromatic carbocycles. The van der Waals surface area contributed by atoms with Gasteiger partial charge in [-0.3, -0.25) is 0 Å². The maximum Gasteiger partial charge on any atom is 0.119 e. The van der Waals surface area contributed by atoms with Gasteiger partial charge >= 0.3 is 0 Å². The van der Waals surface area contributed by atoms with Crippen LogP contribution in [0.5, 0.6) is 5.75 Å². The molecule has 0 fully saturated rings. The smallest absolute Gasteiger partial charge is 0.119 e. The van der Waals surface area contributed by atoms with Gasteiger partial charge in [-0.05, 0) is 12.1 Å². The Morgan fingerprint density at radius 2 is 0.839 bits per heavy atom. The van der Waals surface area contributed by atoms with Crippen molar-refractivity contribution in [3.8, 4) is 5.75 Å². The monoisotopic (exact) mass is 442 g/mol. The molecule has 31 heavy (non-hydrogen) atoms. The Labute approximate surface area is 186 Å². The lowest BCUT2D eigenvalue weighted by atomic mass is 10.3. The Balaban J connectivity index is 1.65. The van der Waals surface area contributed by atoms with Crippen LogP contribution < -0.4 is 4.74 Å². The van der Waals surface area contributed by atoms with Crippen LogP contribution in [-0.2, 0) is 33.2 Å². The lowest BCUT2D eigenvalue weighted by molar-refractivity contribution is -0.0205. The second-order valence-corrected chi connectivity index (χ2v) is 6.20. The van der Waals surface area contributed by atoms with Gasteiger partial charge in [-0.2, -0.15) is 0 Å². The van der Waals surface area contributed by atoms with E-state index in [1.807, 2.05) is 30.3 Å². The molecule has 0 unspecified atom stereocenters. The third-order valence-corrected chi connectivity index (χ3v) is 3.71. The Bertz CT molecular complexity index is 486. The molecule has 0 bridgehead atoms. The van der Waals surface area contributed by atoms with E-state index in [2.05, 4.69) is 6.58 Å². The average molecular weight is 443 g/mol. The number of hydrogen-bond acceptors (Lipinski definition) is 8. The van der Waals surface area contributed by atoms with E-state index in [1.165, 1.54) is 0 Å². The molecule has 0 N–H and O–H groups in total. The van der Waals surface area contributed by atoms with Crippen LogP contribution in [0, 0.1) is 0 Å². The normalized spacial score (nSPS) is 11.0. The SMILES string of the molecule is C=CCOCCOCCOCCOCCOCCOCCOCCOc1ccccc1. The summed E-state index contributed by atoms with van der Waals surface area (Å²) in [5.74, 6) is 0.850. The van der Waals surface area contributed by atoms with Gasteiger partial charge in [0.05, 0.1) is 92.5 Å². The molecule has 178 valence electrons. The van der Waals surface area contributed by atoms with Crippen molar-refractivity contribution >= 4 is 0 Å². The van der Waals surface area contributed by atoms with Crippen molar-refractivity contribution in [3.05, 3.63) is 43.0 Å². The van der Waals surface area contributed by atoms with E-state index >= 15 is 0 Å². The fraction of sp³-hybridized carbons (Fsp3) is 0.652. The van der Waals surface area contributed by atoms with E-state index < -0.39 is 0 Å². The molecule has 0 atom stereocenters. The molecular weight excluding hydrogens is 404 g/mol. The lowest BCUT2D eigenvalue weighted by Gasteiger charge is -2.09. The van der Waals surface area contributed by atoms with Crippen LogP contribution in [0.3, 0.4) is 0 Å². The van der Waals surface area contributed by atoms with Gasteiger partial charge in [0.1, 0.15) is 12.4 Å². The highest BCUT2D eigenvalue weighted by Crippen LogP contribution is 2.07. The van der Waals surface area contributed by atoms with Crippen LogP contribution in [0.15, 0.2) is 43.0 Å². The largest absolute Gasteiger partial charge is 0.491 e. The summed E-state index contributed by atoms with van der Waals surface area (Å²) in [6.07, 6.45) is 1.71. The molecule has 0 aromatic heterocycles. The van der Waals surface area contributed by atoms with Crippen molar-refractivity contribution in [3.63, 3.8) is 0 Å². The molecule has 1 aromatic rings. The molecule has 0 amide bonds. The van der Waals surface area contributed by atoms with Gasteiger partial charge in [0.15, 0.2) is 0 Å². The van der Waals surface area contributed by atoms with Crippen LogP contribution in [0.25, 0.3) is 0 Å². The van der Waals surface area contributed by atoms with Crippen molar-refractivity contribution in [2.75, 3.05) is 99.1 Å². The minimum atomic E-state index is 0.526. The Morgan fingerprint density at radius 3 is 1.23 bits per heavy atom. The predicted octanol–water partition coefficient (Wildman–Crippen LogP) is 2.37. The van der Waals surface area contributed by atoms with Crippen LogP contribution in [0.4, 0.5) is 0 Å². The van der Waals surface area contributed by atoms with Crippen molar-refractivity contribution in [1.29, 1.82) is 0 Å². The third kappa shape index (κ3) is 20.2. The quantitative estimate of drug-likeness (QED) is 0.178. The number of rotatable bonds is 24. The van der Waals surface area contributed by atoms with Gasteiger partial charge in [0, 0.05) is 0 Å². The zero-order valence-electron chi connectivity index (χ0n) is 18.5. The number of hydrogen-bond donors (Lipinski definition) is 0. The minimum Gasteiger partial charge on any atom is -0.491 e. The van der Waals surface area contributed by atoms with E-state index in [-0.39, 0.29) is 0 Å². The van der Waals surface area contributed by atoms with Gasteiger partial charge in [-0.1, -0.05) is 24.3 Å². The second-order valence-electron chi connectivity index (χ2n) is 6.20. The fourth-order valence-corrected chi connectivity index (χ4v) is 2.22. The number of para-hydroxylation sites is 1. The summed E-state index contributed by atoms with van der Waals surface area (Å²) < 4.78 is 43.2. The van der Waals surface area contributed by atoms with E-state index in [4.69, 9.17) is 37.9 Å². The first-order chi connectivity index (χ1) is 15.4. The standard InChI is InChI=1S/C23H38O8/c1-2-8-24-9-10-25-11-12-26-13-14-27-15-16-28-17-18-29-19-20-30-21-22-31-23-6-4-3-5-7-23/h2-7H,1,8-22H2. The number of ether oxygens (including phenoxy) is 8. The Hall–Kier alpha value is -1.52. The van der Waals surface area contributed by atoms with E-state index in [9.17, 15) is 0 Å². The van der Waals surface area contributed by atoms with Crippen molar-refractivity contribution in [2.24, 2.45) is 0 Å². The minimum absolute atomic E-state index is 0.526. The number of benzene rings is 1. The molecule has 0 aliphatic rings. The first kappa shape index (κ1) is 27.5. The lowest BCUT2D eigenvalue weighted by Crippen LogP contribution is -2.15. The summed E-state index contributed by atoms with van der Waals surface area (Å²) in [6.45, 7) is 11.7. The summed E-state index contributed by atoms with van der Waals surface area (Å²) in [6, 6.07) is 9.68. The van der Waals surface area contributed by atoms with Crippen molar-refractivity contribution in [1.82, 2.24) is 0 Å². The molecule has 0 spiro atoms. The molecular formula is C23H38O8. The molecule has 0 saturated heterocycles. The Kier molecular flexibility index (Phi) is 20.5. The topological polar surface area (TPSA) is 73.8 Å². The predicted molar refractivity (Wildman–Crippen MR) is 118 cm³/mol. The zero-order valence-corrected chi connectivity index (χ0v) is 18.5. The molecule has 0 aliphatic carbocycles. The highest BCUT2D eigenvalue weighted by atomic mass is 16.6. The van der Waals surface area contributed by atoms with E-state index in [0.717, 1.165) is 5.75 Å². The first-order valence-corrected chi connectivity index (χ1v) is 10.8. The molecule has 0 heterocycles. The van der Waals surface area contributed by atoms with Crippen LogP contribution in [0.1, 0.15) is 0 Å². The molecule has 8 nitrogen and oxygen atoms in total. The molecule has 0 aliphatic heterocycles. The van der Waals surface area contributed by atoms with Gasteiger partial charge in [-0.15, -0.1) is 6.58 Å². The average Bonchev–Trinajstić information content (AvgIpc) is 2.80. The fourth-order valence-electron chi connectivity index (χ4n) is 2.22. The third-order valence-electron chi connectivity index (χ3n) is 3.71. The summed E-state index contributed by atoms with van der Waals surface area (Å²) >= 11 is 0. The summed E-state index contributed by atoms with van der Waals surface area (Å²) in [5, 5.41) is 0. The maximum atomic E-state index is 5.53. The summed E-state index contributed by atoms with van der Waals surface area (Å²) in [7, 11) is 0. The Morgan fingerprint density at radius 1 is 0.484 bits per heavy atom. The highest BCUT2D eigenvalue weighted by Gasteiger charge is 1.95. The van der Waals surface area contributed by atoms with E-state index in [0.29, 0.717) is 99.1 Å². The summed E-state index contributed by atoms with van der Waals surface area (Å²) in [5.41, 5.74) is 0. The zero-order chi connectivity index (χ0) is 22.1. The summed E-state index contributed by atoms with van der Waals surface area (Å²) in [4.78, 5) is 0. The molecule has 0 saturated carbocycles. The second kappa shape index (κ2) is 23.1. The van der Waals surface area contributed by atoms with Crippen molar-refractivity contribution in [2.45, 2.75) is 0 Å². The van der Waals surface area contributed by atoms with Gasteiger partial charge in [0.2, 0.25) is 0 Å². The van der Waals surface area contributed by atoms with Crippen LogP contribution in [0.2, 0.25) is 0 Å².